The normalized spacial score (nSPS) is 14.1. The Bertz CT molecular complexity index is 1120. The van der Waals surface area contributed by atoms with Gasteiger partial charge in [0, 0.05) is 23.1 Å². The van der Waals surface area contributed by atoms with Crippen molar-refractivity contribution in [3.05, 3.63) is 62.0 Å². The number of halogens is 3. The van der Waals surface area contributed by atoms with Gasteiger partial charge >= 0.3 is 0 Å². The molecule has 1 aromatic heterocycles. The Kier molecular flexibility index (Phi) is 7.41. The van der Waals surface area contributed by atoms with Crippen LogP contribution in [-0.2, 0) is 4.74 Å². The van der Waals surface area contributed by atoms with Gasteiger partial charge in [-0.25, -0.2) is 5.43 Å². The Morgan fingerprint density at radius 3 is 2.50 bits per heavy atom. The number of hydrogen-bond donors (Lipinski definition) is 2. The van der Waals surface area contributed by atoms with Gasteiger partial charge in [-0.2, -0.15) is 20.1 Å². The zero-order valence-corrected chi connectivity index (χ0v) is 20.2. The minimum atomic E-state index is 0.284. The molecular weight excluding hydrogens is 517 g/mol. The molecule has 1 fully saturated rings. The van der Waals surface area contributed by atoms with Crippen LogP contribution in [0.15, 0.2) is 46.0 Å². The topological polar surface area (TPSA) is 87.6 Å². The first-order chi connectivity index (χ1) is 15.5. The number of nitrogens with one attached hydrogen (secondary N) is 2. The van der Waals surface area contributed by atoms with Crippen LogP contribution in [0.1, 0.15) is 11.1 Å². The predicted molar refractivity (Wildman–Crippen MR) is 133 cm³/mol. The first kappa shape index (κ1) is 22.7. The molecule has 0 spiro atoms. The fourth-order valence-corrected chi connectivity index (χ4v) is 4.09. The third-order valence-electron chi connectivity index (χ3n) is 4.65. The zero-order chi connectivity index (χ0) is 22.5. The number of hydrazone groups is 1. The number of aryl methyl sites for hydroxylation is 1. The molecule has 166 valence electrons. The molecule has 0 bridgehead atoms. The van der Waals surface area contributed by atoms with Crippen molar-refractivity contribution in [2.45, 2.75) is 6.92 Å². The molecule has 0 radical (unpaired) electrons. The van der Waals surface area contributed by atoms with Crippen molar-refractivity contribution in [2.75, 3.05) is 41.9 Å². The van der Waals surface area contributed by atoms with Crippen LogP contribution in [0.4, 0.5) is 23.5 Å². The average Bonchev–Trinajstić information content (AvgIpc) is 2.78. The first-order valence-electron chi connectivity index (χ1n) is 9.84. The summed E-state index contributed by atoms with van der Waals surface area (Å²) in [5.41, 5.74) is 5.44. The Morgan fingerprint density at radius 1 is 1.06 bits per heavy atom. The number of ether oxygens (including phenoxy) is 1. The lowest BCUT2D eigenvalue weighted by Gasteiger charge is -2.27. The molecule has 8 nitrogen and oxygen atoms in total. The van der Waals surface area contributed by atoms with E-state index >= 15 is 0 Å². The molecule has 0 saturated carbocycles. The summed E-state index contributed by atoms with van der Waals surface area (Å²) in [5, 5.41) is 8.46. The average molecular weight is 537 g/mol. The number of aromatic nitrogens is 3. The molecule has 1 saturated heterocycles. The number of anilines is 4. The molecule has 1 aliphatic heterocycles. The van der Waals surface area contributed by atoms with E-state index < -0.39 is 0 Å². The number of nitrogens with zero attached hydrogens (tertiary/aromatic N) is 5. The lowest BCUT2D eigenvalue weighted by atomic mass is 10.2. The van der Waals surface area contributed by atoms with Crippen molar-refractivity contribution >= 4 is 68.9 Å². The molecule has 2 heterocycles. The summed E-state index contributed by atoms with van der Waals surface area (Å²) in [7, 11) is 0. The van der Waals surface area contributed by atoms with Crippen LogP contribution < -0.4 is 15.6 Å². The minimum Gasteiger partial charge on any atom is -0.378 e. The SMILES string of the molecule is Cc1ccc(Nc2nc(NN=Cc3c(Cl)cccc3Cl)nc(N3CCOCC3)n2)c(Br)c1. The van der Waals surface area contributed by atoms with Gasteiger partial charge in [0.15, 0.2) is 0 Å². The maximum Gasteiger partial charge on any atom is 0.250 e. The molecule has 11 heteroatoms. The van der Waals surface area contributed by atoms with Crippen LogP contribution in [0, 0.1) is 6.92 Å². The number of rotatable bonds is 6. The van der Waals surface area contributed by atoms with Gasteiger partial charge in [-0.3, -0.25) is 0 Å². The Balaban J connectivity index is 1.61. The Morgan fingerprint density at radius 2 is 1.78 bits per heavy atom. The molecular formula is C21H20BrCl2N7O. The lowest BCUT2D eigenvalue weighted by molar-refractivity contribution is 0.122. The minimum absolute atomic E-state index is 0.284. The maximum atomic E-state index is 6.20. The van der Waals surface area contributed by atoms with Gasteiger partial charge in [-0.15, -0.1) is 0 Å². The van der Waals surface area contributed by atoms with Gasteiger partial charge in [0.05, 0.1) is 35.2 Å². The fraction of sp³-hybridized carbons (Fsp3) is 0.238. The van der Waals surface area contributed by atoms with Gasteiger partial charge in [0.25, 0.3) is 0 Å². The third kappa shape index (κ3) is 5.66. The second kappa shape index (κ2) is 10.4. The summed E-state index contributed by atoms with van der Waals surface area (Å²) in [6.07, 6.45) is 1.53. The Labute approximate surface area is 204 Å². The monoisotopic (exact) mass is 535 g/mol. The van der Waals surface area contributed by atoms with Crippen molar-refractivity contribution in [1.82, 2.24) is 15.0 Å². The van der Waals surface area contributed by atoms with E-state index in [4.69, 9.17) is 27.9 Å². The van der Waals surface area contributed by atoms with Crippen LogP contribution >= 0.6 is 39.1 Å². The molecule has 0 aliphatic carbocycles. The van der Waals surface area contributed by atoms with Gasteiger partial charge < -0.3 is 15.0 Å². The van der Waals surface area contributed by atoms with Gasteiger partial charge in [0.1, 0.15) is 0 Å². The molecule has 2 aromatic carbocycles. The van der Waals surface area contributed by atoms with Gasteiger partial charge in [-0.05, 0) is 52.7 Å². The summed E-state index contributed by atoms with van der Waals surface area (Å²) < 4.78 is 6.35. The highest BCUT2D eigenvalue weighted by atomic mass is 79.9. The van der Waals surface area contributed by atoms with Gasteiger partial charge in [0.2, 0.25) is 17.8 Å². The second-order valence-electron chi connectivity index (χ2n) is 7.00. The highest BCUT2D eigenvalue weighted by molar-refractivity contribution is 9.10. The first-order valence-corrected chi connectivity index (χ1v) is 11.4. The van der Waals surface area contributed by atoms with E-state index in [0.717, 1.165) is 15.7 Å². The molecule has 4 rings (SSSR count). The number of benzene rings is 2. The van der Waals surface area contributed by atoms with Crippen molar-refractivity contribution < 1.29 is 4.74 Å². The predicted octanol–water partition coefficient (Wildman–Crippen LogP) is 5.28. The molecule has 1 aliphatic rings. The third-order valence-corrected chi connectivity index (χ3v) is 5.96. The van der Waals surface area contributed by atoms with Crippen molar-refractivity contribution in [1.29, 1.82) is 0 Å². The van der Waals surface area contributed by atoms with E-state index in [-0.39, 0.29) is 5.95 Å². The molecule has 0 unspecified atom stereocenters. The Hall–Kier alpha value is -2.46. The van der Waals surface area contributed by atoms with Crippen LogP contribution in [0.2, 0.25) is 10.0 Å². The highest BCUT2D eigenvalue weighted by Gasteiger charge is 2.17. The summed E-state index contributed by atoms with van der Waals surface area (Å²) >= 11 is 16.0. The van der Waals surface area contributed by atoms with Crippen LogP contribution in [-0.4, -0.2) is 47.5 Å². The molecule has 3 aromatic rings. The molecule has 2 N–H and O–H groups in total. The molecule has 32 heavy (non-hydrogen) atoms. The van der Waals surface area contributed by atoms with E-state index in [9.17, 15) is 0 Å². The van der Waals surface area contributed by atoms with Crippen molar-refractivity contribution in [3.8, 4) is 0 Å². The summed E-state index contributed by atoms with van der Waals surface area (Å²) in [6, 6.07) is 11.3. The summed E-state index contributed by atoms with van der Waals surface area (Å²) in [4.78, 5) is 15.6. The largest absolute Gasteiger partial charge is 0.378 e. The van der Waals surface area contributed by atoms with Crippen LogP contribution in [0.5, 0.6) is 0 Å². The smallest absolute Gasteiger partial charge is 0.250 e. The maximum absolute atomic E-state index is 6.20. The van der Waals surface area contributed by atoms with E-state index in [0.29, 0.717) is 53.8 Å². The standard InChI is InChI=1S/C21H20BrCl2N7O/c1-13-5-6-18(15(22)11-13)26-19-27-20(29-21(28-19)31-7-9-32-10-8-31)30-25-12-14-16(23)3-2-4-17(14)24/h2-6,11-12H,7-10H2,1H3,(H2,26,27,28,29,30). The quantitative estimate of drug-likeness (QED) is 0.327. The summed E-state index contributed by atoms with van der Waals surface area (Å²) in [6.45, 7) is 4.64. The molecule has 0 amide bonds. The van der Waals surface area contributed by atoms with Crippen molar-refractivity contribution in [3.63, 3.8) is 0 Å². The number of morpholine rings is 1. The highest BCUT2D eigenvalue weighted by Crippen LogP contribution is 2.27. The van der Waals surface area contributed by atoms with Crippen LogP contribution in [0.3, 0.4) is 0 Å². The van der Waals surface area contributed by atoms with Crippen LogP contribution in [0.25, 0.3) is 0 Å². The lowest BCUT2D eigenvalue weighted by Crippen LogP contribution is -2.37. The van der Waals surface area contributed by atoms with E-state index in [1.165, 1.54) is 6.21 Å². The second-order valence-corrected chi connectivity index (χ2v) is 8.66. The van der Waals surface area contributed by atoms with E-state index in [1.54, 1.807) is 18.2 Å². The fourth-order valence-electron chi connectivity index (χ4n) is 3.01. The van der Waals surface area contributed by atoms with Crippen molar-refractivity contribution in [2.24, 2.45) is 5.10 Å². The summed E-state index contributed by atoms with van der Waals surface area (Å²) in [5.74, 6) is 1.20. The number of hydrogen-bond acceptors (Lipinski definition) is 8. The zero-order valence-electron chi connectivity index (χ0n) is 17.1. The molecule has 0 atom stereocenters. The van der Waals surface area contributed by atoms with E-state index in [2.05, 4.69) is 46.7 Å². The van der Waals surface area contributed by atoms with E-state index in [1.807, 2.05) is 30.0 Å². The van der Waals surface area contributed by atoms with Gasteiger partial charge in [-0.1, -0.05) is 35.3 Å².